The number of anilines is 1. The first kappa shape index (κ1) is 47.7. The van der Waals surface area contributed by atoms with Gasteiger partial charge < -0.3 is 49.0 Å². The summed E-state index contributed by atoms with van der Waals surface area (Å²) in [4.78, 5) is 95.2. The standard InChI is InChI=1S/C28H40FN5O20P2/c1-14(48-17(4)37)24(21(49-18(5)38)10-45-15(2)35)51-28(22(50-19(6)39)11-46-16(3)36)53-56(43,44)54-55(41,42)47-9-7-8-20(40)27(52-29)34-13-33-23-25(30)31-12-32-26(23)34/h7-8,12-14,20-22,24,27-28,40H,9-11H2,1-6H3,(H,41,42)(H,43,44)(H2,30,31,32)/b8-7+/t14-,20-,21+,22+,24?,27?,28?/m0/s1. The Balaban J connectivity index is 2.36. The zero-order valence-electron chi connectivity index (χ0n) is 30.4. The molecule has 2 heterocycles. The lowest BCUT2D eigenvalue weighted by atomic mass is 10.1. The quantitative estimate of drug-likeness (QED) is 0.0391. The number of carbonyl (C=O) groups excluding carboxylic acids is 5. The summed E-state index contributed by atoms with van der Waals surface area (Å²) in [7, 11) is -11.6. The molecule has 314 valence electrons. The Labute approximate surface area is 316 Å². The average Bonchev–Trinajstić information content (AvgIpc) is 3.49. The van der Waals surface area contributed by atoms with E-state index in [1.54, 1.807) is 0 Å². The third-order valence-electron chi connectivity index (χ3n) is 6.47. The molecular formula is C28H40FN5O20P2. The first-order chi connectivity index (χ1) is 26.1. The normalized spacial score (nSPS) is 17.6. The zero-order valence-corrected chi connectivity index (χ0v) is 32.2. The Bertz CT molecular complexity index is 1810. The summed E-state index contributed by atoms with van der Waals surface area (Å²) in [6, 6.07) is 0. The van der Waals surface area contributed by atoms with E-state index in [0.29, 0.717) is 0 Å². The molecular weight excluding hydrogens is 807 g/mol. The van der Waals surface area contributed by atoms with Crippen LogP contribution < -0.4 is 5.73 Å². The molecule has 2 rings (SSSR count). The molecule has 0 radical (unpaired) electrons. The number of fused-ring (bicyclic) bond motifs is 1. The van der Waals surface area contributed by atoms with Crippen LogP contribution in [-0.2, 0) is 79.8 Å². The molecule has 5 N–H and O–H groups in total. The first-order valence-corrected chi connectivity index (χ1v) is 18.7. The number of nitrogens with two attached hydrogens (primary N) is 1. The molecule has 0 aliphatic heterocycles. The van der Waals surface area contributed by atoms with E-state index in [1.807, 2.05) is 0 Å². The lowest BCUT2D eigenvalue weighted by Gasteiger charge is -2.35. The van der Waals surface area contributed by atoms with Crippen LogP contribution in [0.15, 0.2) is 24.8 Å². The lowest BCUT2D eigenvalue weighted by molar-refractivity contribution is -0.242. The summed E-state index contributed by atoms with van der Waals surface area (Å²) in [6.07, 6.45) is -9.36. The maximum atomic E-state index is 13.5. The minimum Gasteiger partial charge on any atom is -0.462 e. The number of hydrogen-bond donors (Lipinski definition) is 4. The summed E-state index contributed by atoms with van der Waals surface area (Å²) in [5.74, 6) is -4.92. The van der Waals surface area contributed by atoms with Gasteiger partial charge in [-0.05, 0) is 11.4 Å². The molecule has 0 aromatic carbocycles. The van der Waals surface area contributed by atoms with Gasteiger partial charge in [-0.3, -0.25) is 37.6 Å². The summed E-state index contributed by atoms with van der Waals surface area (Å²) in [5.41, 5.74) is 5.73. The number of hydrogen-bond acceptors (Lipinski definition) is 22. The highest BCUT2D eigenvalue weighted by atomic mass is 31.3. The number of carbonyl (C=O) groups is 5. The first-order valence-electron chi connectivity index (χ1n) is 15.7. The molecule has 0 saturated carbocycles. The minimum atomic E-state index is -5.94. The maximum absolute atomic E-state index is 13.5. The van der Waals surface area contributed by atoms with E-state index >= 15 is 0 Å². The molecule has 0 aliphatic rings. The van der Waals surface area contributed by atoms with Gasteiger partial charge in [-0.1, -0.05) is 12.2 Å². The molecule has 25 nitrogen and oxygen atoms in total. The number of rotatable bonds is 23. The number of phosphoric ester groups is 2. The second-order valence-electron chi connectivity index (χ2n) is 11.1. The molecule has 0 spiro atoms. The lowest BCUT2D eigenvalue weighted by Crippen LogP contribution is -2.50. The van der Waals surface area contributed by atoms with Gasteiger partial charge in [0.2, 0.25) is 12.5 Å². The van der Waals surface area contributed by atoms with E-state index in [2.05, 4.69) is 28.7 Å². The third-order valence-corrected chi connectivity index (χ3v) is 9.07. The number of ether oxygens (including phenoxy) is 6. The second-order valence-corrected chi connectivity index (χ2v) is 14.1. The van der Waals surface area contributed by atoms with Gasteiger partial charge >= 0.3 is 45.5 Å². The van der Waals surface area contributed by atoms with Gasteiger partial charge in [-0.25, -0.2) is 24.1 Å². The number of nitrogens with zero attached hydrogens (tertiary/aromatic N) is 4. The highest BCUT2D eigenvalue weighted by Crippen LogP contribution is 2.61. The molecule has 2 aromatic rings. The van der Waals surface area contributed by atoms with Crippen molar-refractivity contribution in [2.75, 3.05) is 25.6 Å². The predicted molar refractivity (Wildman–Crippen MR) is 178 cm³/mol. The van der Waals surface area contributed by atoms with Crippen molar-refractivity contribution in [3.8, 4) is 0 Å². The number of phosphoric acid groups is 2. The van der Waals surface area contributed by atoms with Gasteiger partial charge in [0.25, 0.3) is 0 Å². The SMILES string of the molecule is CC(=O)OC[C@@H](OC(C)=O)C(OC([C@H](C)OC(C)=O)[C@@H](COC(C)=O)OC(C)=O)OP(=O)(O)OP(=O)(O)OC/C=C/[C@H](O)C(OF)n1cnc2c(N)ncnc21. The largest absolute Gasteiger partial charge is 0.483 e. The van der Waals surface area contributed by atoms with Crippen LogP contribution in [0, 0.1) is 0 Å². The minimum absolute atomic E-state index is 0.0275. The zero-order chi connectivity index (χ0) is 42.4. The van der Waals surface area contributed by atoms with E-state index in [1.165, 1.54) is 6.92 Å². The van der Waals surface area contributed by atoms with Crippen molar-refractivity contribution < 1.29 is 99.2 Å². The van der Waals surface area contributed by atoms with Crippen LogP contribution in [0.3, 0.4) is 0 Å². The molecule has 0 amide bonds. The molecule has 28 heteroatoms. The summed E-state index contributed by atoms with van der Waals surface area (Å²) in [6.45, 7) is 3.20. The highest BCUT2D eigenvalue weighted by Gasteiger charge is 2.45. The smallest absolute Gasteiger partial charge is 0.462 e. The molecule has 2 aromatic heterocycles. The van der Waals surface area contributed by atoms with Crippen LogP contribution >= 0.6 is 15.6 Å². The number of aliphatic hydroxyl groups is 1. The van der Waals surface area contributed by atoms with E-state index in [9.17, 15) is 52.5 Å². The van der Waals surface area contributed by atoms with Crippen molar-refractivity contribution >= 4 is 62.5 Å². The van der Waals surface area contributed by atoms with Crippen LogP contribution in [0.1, 0.15) is 47.8 Å². The number of halogens is 1. The Morgan fingerprint density at radius 2 is 1.45 bits per heavy atom. The van der Waals surface area contributed by atoms with E-state index in [4.69, 9.17) is 38.7 Å². The van der Waals surface area contributed by atoms with Crippen LogP contribution in [0.4, 0.5) is 10.3 Å². The van der Waals surface area contributed by atoms with Crippen molar-refractivity contribution in [3.05, 3.63) is 24.8 Å². The molecule has 0 bridgehead atoms. The number of esters is 5. The molecule has 56 heavy (non-hydrogen) atoms. The summed E-state index contributed by atoms with van der Waals surface area (Å²) < 4.78 is 85.0. The van der Waals surface area contributed by atoms with Crippen molar-refractivity contribution in [2.24, 2.45) is 0 Å². The van der Waals surface area contributed by atoms with Crippen LogP contribution in [0.5, 0.6) is 0 Å². The summed E-state index contributed by atoms with van der Waals surface area (Å²) >= 11 is 0. The van der Waals surface area contributed by atoms with Gasteiger partial charge in [0.05, 0.1) is 12.9 Å². The summed E-state index contributed by atoms with van der Waals surface area (Å²) in [5, 5.41) is 10.5. The molecule has 9 atom stereocenters. The number of nitrogen functional groups attached to an aromatic ring is 1. The fourth-order valence-corrected chi connectivity index (χ4v) is 6.51. The number of aliphatic hydroxyl groups excluding tert-OH is 1. The van der Waals surface area contributed by atoms with E-state index in [-0.39, 0.29) is 17.0 Å². The van der Waals surface area contributed by atoms with Gasteiger partial charge in [-0.15, -0.1) is 0 Å². The highest BCUT2D eigenvalue weighted by molar-refractivity contribution is 7.61. The number of imidazole rings is 1. The topological polar surface area (TPSA) is 342 Å². The fourth-order valence-electron chi connectivity index (χ4n) is 4.40. The Kier molecular flexibility index (Phi) is 18.5. The molecule has 5 unspecified atom stereocenters. The van der Waals surface area contributed by atoms with Gasteiger partial charge in [0.15, 0.2) is 23.7 Å². The molecule has 0 fully saturated rings. The monoisotopic (exact) mass is 847 g/mol. The predicted octanol–water partition coefficient (Wildman–Crippen LogP) is 0.628. The van der Waals surface area contributed by atoms with Crippen molar-refractivity contribution in [1.82, 2.24) is 19.5 Å². The van der Waals surface area contributed by atoms with Crippen molar-refractivity contribution in [3.63, 3.8) is 0 Å². The molecule has 0 aliphatic carbocycles. The van der Waals surface area contributed by atoms with Crippen LogP contribution in [0.2, 0.25) is 0 Å². The van der Waals surface area contributed by atoms with Crippen LogP contribution in [0.25, 0.3) is 11.2 Å². The Morgan fingerprint density at radius 1 is 0.875 bits per heavy atom. The number of aromatic nitrogens is 4. The van der Waals surface area contributed by atoms with Gasteiger partial charge in [0.1, 0.15) is 43.4 Å². The van der Waals surface area contributed by atoms with Crippen LogP contribution in [-0.4, -0.2) is 121 Å². The van der Waals surface area contributed by atoms with E-state index < -0.39 is 108 Å². The van der Waals surface area contributed by atoms with Crippen molar-refractivity contribution in [2.45, 2.75) is 84.6 Å². The molecule has 0 saturated heterocycles. The van der Waals surface area contributed by atoms with E-state index in [0.717, 1.165) is 64.0 Å². The fraction of sp³-hybridized carbons (Fsp3) is 0.571. The Morgan fingerprint density at radius 3 is 2.00 bits per heavy atom. The van der Waals surface area contributed by atoms with Gasteiger partial charge in [-0.2, -0.15) is 9.25 Å². The average molecular weight is 848 g/mol. The second kappa shape index (κ2) is 21.7. The third kappa shape index (κ3) is 15.9. The Hall–Kier alpha value is -4.49. The maximum Gasteiger partial charge on any atom is 0.483 e. The van der Waals surface area contributed by atoms with Gasteiger partial charge in [0, 0.05) is 34.6 Å². The van der Waals surface area contributed by atoms with Crippen molar-refractivity contribution in [1.29, 1.82) is 0 Å².